The Morgan fingerprint density at radius 2 is 1.85 bits per heavy atom. The highest BCUT2D eigenvalue weighted by atomic mass is 79.9. The summed E-state index contributed by atoms with van der Waals surface area (Å²) < 4.78 is 11.6. The Kier molecular flexibility index (Phi) is 6.44. The lowest BCUT2D eigenvalue weighted by Gasteiger charge is -2.13. The van der Waals surface area contributed by atoms with Crippen LogP contribution < -0.4 is 10.1 Å². The lowest BCUT2D eigenvalue weighted by atomic mass is 10.1. The number of carbonyl (C=O) groups is 1. The molecule has 0 aliphatic carbocycles. The number of nitrogens with one attached hydrogen (secondary N) is 1. The minimum atomic E-state index is -0.365. The highest BCUT2D eigenvalue weighted by Crippen LogP contribution is 2.28. The predicted molar refractivity (Wildman–Crippen MR) is 108 cm³/mol. The van der Waals surface area contributed by atoms with Crippen LogP contribution in [0.4, 0.5) is 11.4 Å². The fourth-order valence-corrected chi connectivity index (χ4v) is 2.92. The molecule has 0 amide bonds. The van der Waals surface area contributed by atoms with Gasteiger partial charge in [-0.05, 0) is 46.6 Å². The second-order valence-electron chi connectivity index (χ2n) is 5.68. The average molecular weight is 427 g/mol. The summed E-state index contributed by atoms with van der Waals surface area (Å²) in [5.74, 6) is 0.138. The number of aromatic nitrogens is 1. The first-order valence-corrected chi connectivity index (χ1v) is 9.32. The van der Waals surface area contributed by atoms with Gasteiger partial charge in [-0.1, -0.05) is 42.5 Å². The van der Waals surface area contributed by atoms with Crippen LogP contribution in [0.1, 0.15) is 22.8 Å². The van der Waals surface area contributed by atoms with Gasteiger partial charge in [-0.15, -0.1) is 0 Å². The van der Waals surface area contributed by atoms with Gasteiger partial charge in [-0.3, -0.25) is 0 Å². The number of hydrogen-bond acceptors (Lipinski definition) is 5. The van der Waals surface area contributed by atoms with Crippen LogP contribution in [0, 0.1) is 0 Å². The lowest BCUT2D eigenvalue weighted by molar-refractivity contribution is 0.0527. The maximum absolute atomic E-state index is 12.1. The number of esters is 1. The standard InChI is InChI=1S/C21H19BrN2O3/c1-2-26-21(25)17-10-6-7-11-19(17)24-16-12-18(22)20(23-13-16)27-14-15-8-4-3-5-9-15/h3-13,24H,2,14H2,1H3. The highest BCUT2D eigenvalue weighted by molar-refractivity contribution is 9.10. The summed E-state index contributed by atoms with van der Waals surface area (Å²) >= 11 is 3.49. The topological polar surface area (TPSA) is 60.5 Å². The third-order valence-corrected chi connectivity index (χ3v) is 4.30. The summed E-state index contributed by atoms with van der Waals surface area (Å²) in [6.45, 7) is 2.54. The molecule has 1 N–H and O–H groups in total. The second-order valence-corrected chi connectivity index (χ2v) is 6.53. The molecule has 3 aromatic rings. The summed E-state index contributed by atoms with van der Waals surface area (Å²) in [6, 6.07) is 18.9. The van der Waals surface area contributed by atoms with E-state index in [0.717, 1.165) is 15.7 Å². The van der Waals surface area contributed by atoms with E-state index in [9.17, 15) is 4.79 Å². The van der Waals surface area contributed by atoms with Crippen LogP contribution in [0.2, 0.25) is 0 Å². The number of para-hydroxylation sites is 1. The average Bonchev–Trinajstić information content (AvgIpc) is 2.69. The second kappa shape index (κ2) is 9.19. The van der Waals surface area contributed by atoms with E-state index in [1.807, 2.05) is 48.5 Å². The molecule has 0 radical (unpaired) electrons. The summed E-state index contributed by atoms with van der Waals surface area (Å²) in [6.07, 6.45) is 1.66. The molecule has 6 heteroatoms. The minimum Gasteiger partial charge on any atom is -0.472 e. The van der Waals surface area contributed by atoms with Gasteiger partial charge in [0.1, 0.15) is 6.61 Å². The van der Waals surface area contributed by atoms with Gasteiger partial charge in [0.15, 0.2) is 0 Å². The van der Waals surface area contributed by atoms with Gasteiger partial charge >= 0.3 is 5.97 Å². The number of hydrogen-bond donors (Lipinski definition) is 1. The zero-order chi connectivity index (χ0) is 19.1. The van der Waals surface area contributed by atoms with E-state index in [4.69, 9.17) is 9.47 Å². The van der Waals surface area contributed by atoms with Crippen molar-refractivity contribution in [2.24, 2.45) is 0 Å². The van der Waals surface area contributed by atoms with Crippen LogP contribution in [-0.2, 0) is 11.3 Å². The molecule has 0 saturated heterocycles. The van der Waals surface area contributed by atoms with Crippen molar-refractivity contribution in [3.8, 4) is 5.88 Å². The molecule has 2 aromatic carbocycles. The number of ether oxygens (including phenoxy) is 2. The maximum atomic E-state index is 12.1. The maximum Gasteiger partial charge on any atom is 0.340 e. The predicted octanol–water partition coefficient (Wildman–Crippen LogP) is 5.34. The Morgan fingerprint density at radius 3 is 2.59 bits per heavy atom. The smallest absolute Gasteiger partial charge is 0.340 e. The number of anilines is 2. The molecule has 0 spiro atoms. The monoisotopic (exact) mass is 426 g/mol. The van der Waals surface area contributed by atoms with Gasteiger partial charge < -0.3 is 14.8 Å². The van der Waals surface area contributed by atoms with Crippen molar-refractivity contribution in [2.75, 3.05) is 11.9 Å². The Bertz CT molecular complexity index is 916. The number of pyridine rings is 1. The van der Waals surface area contributed by atoms with Crippen molar-refractivity contribution < 1.29 is 14.3 Å². The molecule has 1 aromatic heterocycles. The molecule has 3 rings (SSSR count). The minimum absolute atomic E-state index is 0.327. The Hall–Kier alpha value is -2.86. The largest absolute Gasteiger partial charge is 0.472 e. The van der Waals surface area contributed by atoms with E-state index in [2.05, 4.69) is 26.2 Å². The zero-order valence-corrected chi connectivity index (χ0v) is 16.4. The van der Waals surface area contributed by atoms with E-state index in [1.54, 1.807) is 25.3 Å². The van der Waals surface area contributed by atoms with E-state index in [0.29, 0.717) is 30.3 Å². The molecule has 0 fully saturated rings. The Labute approximate surface area is 166 Å². The van der Waals surface area contributed by atoms with Gasteiger partial charge in [-0.2, -0.15) is 0 Å². The molecular formula is C21H19BrN2O3. The molecule has 27 heavy (non-hydrogen) atoms. The van der Waals surface area contributed by atoms with Crippen molar-refractivity contribution in [3.05, 3.63) is 82.5 Å². The molecule has 0 saturated carbocycles. The molecule has 0 atom stereocenters. The van der Waals surface area contributed by atoms with Crippen LogP contribution in [0.5, 0.6) is 5.88 Å². The quantitative estimate of drug-likeness (QED) is 0.516. The number of carbonyl (C=O) groups excluding carboxylic acids is 1. The number of benzene rings is 2. The van der Waals surface area contributed by atoms with Gasteiger partial charge in [0.25, 0.3) is 0 Å². The van der Waals surface area contributed by atoms with Crippen LogP contribution in [-0.4, -0.2) is 17.6 Å². The molecule has 138 valence electrons. The first kappa shape index (κ1) is 18.9. The molecule has 0 aliphatic heterocycles. The summed E-state index contributed by atoms with van der Waals surface area (Å²) in [5.41, 5.74) is 2.92. The summed E-state index contributed by atoms with van der Waals surface area (Å²) in [4.78, 5) is 16.4. The Balaban J connectivity index is 1.72. The van der Waals surface area contributed by atoms with E-state index in [1.165, 1.54) is 0 Å². The van der Waals surface area contributed by atoms with E-state index in [-0.39, 0.29) is 5.97 Å². The molecule has 0 unspecified atom stereocenters. The molecule has 1 heterocycles. The normalized spacial score (nSPS) is 10.3. The zero-order valence-electron chi connectivity index (χ0n) is 14.8. The number of nitrogens with zero attached hydrogens (tertiary/aromatic N) is 1. The summed E-state index contributed by atoms with van der Waals surface area (Å²) in [5, 5.41) is 3.20. The van der Waals surface area contributed by atoms with Crippen LogP contribution in [0.25, 0.3) is 0 Å². The van der Waals surface area contributed by atoms with E-state index < -0.39 is 0 Å². The van der Waals surface area contributed by atoms with Gasteiger partial charge in [0, 0.05) is 0 Å². The first-order valence-electron chi connectivity index (χ1n) is 8.53. The van der Waals surface area contributed by atoms with E-state index >= 15 is 0 Å². The van der Waals surface area contributed by atoms with Crippen molar-refractivity contribution in [2.45, 2.75) is 13.5 Å². The third kappa shape index (κ3) is 5.08. The van der Waals surface area contributed by atoms with Crippen molar-refractivity contribution in [1.29, 1.82) is 0 Å². The number of rotatable bonds is 7. The molecule has 0 bridgehead atoms. The fraction of sp³-hybridized carbons (Fsp3) is 0.143. The lowest BCUT2D eigenvalue weighted by Crippen LogP contribution is -2.08. The highest BCUT2D eigenvalue weighted by Gasteiger charge is 2.13. The molecule has 5 nitrogen and oxygen atoms in total. The summed E-state index contributed by atoms with van der Waals surface area (Å²) in [7, 11) is 0. The number of halogens is 1. The molecular weight excluding hydrogens is 408 g/mol. The SMILES string of the molecule is CCOC(=O)c1ccccc1Nc1cnc(OCc2ccccc2)c(Br)c1. The van der Waals surface area contributed by atoms with Crippen LogP contribution in [0.3, 0.4) is 0 Å². The van der Waals surface area contributed by atoms with Crippen LogP contribution in [0.15, 0.2) is 71.3 Å². The third-order valence-electron chi connectivity index (χ3n) is 3.73. The van der Waals surface area contributed by atoms with Gasteiger partial charge in [0.05, 0.1) is 34.2 Å². The fourth-order valence-electron chi connectivity index (χ4n) is 2.46. The van der Waals surface area contributed by atoms with Crippen molar-refractivity contribution in [3.63, 3.8) is 0 Å². The van der Waals surface area contributed by atoms with Crippen molar-refractivity contribution in [1.82, 2.24) is 4.98 Å². The van der Waals surface area contributed by atoms with Crippen LogP contribution >= 0.6 is 15.9 Å². The van der Waals surface area contributed by atoms with Crippen molar-refractivity contribution >= 4 is 33.3 Å². The van der Waals surface area contributed by atoms with Gasteiger partial charge in [-0.25, -0.2) is 9.78 Å². The Morgan fingerprint density at radius 1 is 1.11 bits per heavy atom. The van der Waals surface area contributed by atoms with Gasteiger partial charge in [0.2, 0.25) is 5.88 Å². The first-order chi connectivity index (χ1) is 13.2. The molecule has 0 aliphatic rings.